The molecule has 62 valence electrons. The van der Waals surface area contributed by atoms with E-state index < -0.39 is 0 Å². The number of nitrogens with one attached hydrogen (secondary N) is 1. The molecule has 0 aromatic heterocycles. The van der Waals surface area contributed by atoms with Crippen molar-refractivity contribution in [2.75, 3.05) is 0 Å². The quantitative estimate of drug-likeness (QED) is 0.654. The van der Waals surface area contributed by atoms with Crippen LogP contribution in [0.15, 0.2) is 5.10 Å². The SMILES string of the molecule is CCCC1C(=O)NN=C1CC. The lowest BCUT2D eigenvalue weighted by Crippen LogP contribution is -2.22. The van der Waals surface area contributed by atoms with E-state index in [1.807, 2.05) is 6.92 Å². The zero-order valence-electron chi connectivity index (χ0n) is 7.05. The van der Waals surface area contributed by atoms with Crippen molar-refractivity contribution >= 4 is 11.6 Å². The summed E-state index contributed by atoms with van der Waals surface area (Å²) >= 11 is 0. The van der Waals surface area contributed by atoms with Gasteiger partial charge in [-0.05, 0) is 12.8 Å². The maximum atomic E-state index is 11.1. The van der Waals surface area contributed by atoms with E-state index in [1.54, 1.807) is 0 Å². The maximum Gasteiger partial charge on any atom is 0.248 e. The maximum absolute atomic E-state index is 11.1. The van der Waals surface area contributed by atoms with Crippen LogP contribution in [0.25, 0.3) is 0 Å². The molecular formula is C8H14N2O. The van der Waals surface area contributed by atoms with Gasteiger partial charge in [-0.2, -0.15) is 5.10 Å². The van der Waals surface area contributed by atoms with Crippen LogP contribution in [0.1, 0.15) is 33.1 Å². The third-order valence-electron chi connectivity index (χ3n) is 1.97. The Labute approximate surface area is 66.9 Å². The van der Waals surface area contributed by atoms with Crippen molar-refractivity contribution in [3.63, 3.8) is 0 Å². The van der Waals surface area contributed by atoms with E-state index >= 15 is 0 Å². The molecule has 1 rings (SSSR count). The van der Waals surface area contributed by atoms with Gasteiger partial charge in [0.05, 0.1) is 11.6 Å². The second-order valence-electron chi connectivity index (χ2n) is 2.77. The third-order valence-corrected chi connectivity index (χ3v) is 1.97. The molecule has 0 radical (unpaired) electrons. The number of carbonyl (C=O) groups is 1. The van der Waals surface area contributed by atoms with E-state index in [4.69, 9.17) is 0 Å². The van der Waals surface area contributed by atoms with Gasteiger partial charge in [-0.15, -0.1) is 0 Å². The van der Waals surface area contributed by atoms with Crippen LogP contribution in [0, 0.1) is 5.92 Å². The Balaban J connectivity index is 2.58. The predicted octanol–water partition coefficient (Wildman–Crippen LogP) is 1.30. The zero-order chi connectivity index (χ0) is 8.27. The smallest absolute Gasteiger partial charge is 0.248 e. The van der Waals surface area contributed by atoms with Crippen molar-refractivity contribution in [3.05, 3.63) is 0 Å². The number of hydrogen-bond donors (Lipinski definition) is 1. The van der Waals surface area contributed by atoms with Gasteiger partial charge in [-0.3, -0.25) is 4.79 Å². The number of hydrazone groups is 1. The first-order chi connectivity index (χ1) is 5.29. The predicted molar refractivity (Wildman–Crippen MR) is 44.3 cm³/mol. The molecule has 0 saturated heterocycles. The first-order valence-electron chi connectivity index (χ1n) is 4.15. The Kier molecular flexibility index (Phi) is 2.63. The summed E-state index contributed by atoms with van der Waals surface area (Å²) in [5.41, 5.74) is 3.52. The van der Waals surface area contributed by atoms with E-state index in [9.17, 15) is 4.79 Å². The van der Waals surface area contributed by atoms with Gasteiger partial charge in [0.2, 0.25) is 5.91 Å². The van der Waals surface area contributed by atoms with Crippen LogP contribution in [0.2, 0.25) is 0 Å². The van der Waals surface area contributed by atoms with Crippen LogP contribution in [0.3, 0.4) is 0 Å². The number of rotatable bonds is 3. The average molecular weight is 154 g/mol. The molecule has 0 spiro atoms. The van der Waals surface area contributed by atoms with Gasteiger partial charge in [0, 0.05) is 0 Å². The highest BCUT2D eigenvalue weighted by Crippen LogP contribution is 2.15. The lowest BCUT2D eigenvalue weighted by atomic mass is 9.97. The summed E-state index contributed by atoms with van der Waals surface area (Å²) < 4.78 is 0. The van der Waals surface area contributed by atoms with Crippen molar-refractivity contribution in [2.45, 2.75) is 33.1 Å². The van der Waals surface area contributed by atoms with E-state index in [0.29, 0.717) is 0 Å². The second-order valence-corrected chi connectivity index (χ2v) is 2.77. The monoisotopic (exact) mass is 154 g/mol. The fourth-order valence-electron chi connectivity index (χ4n) is 1.35. The molecule has 1 atom stereocenters. The molecule has 1 N–H and O–H groups in total. The molecule has 1 amide bonds. The van der Waals surface area contributed by atoms with Gasteiger partial charge in [0.15, 0.2) is 0 Å². The number of nitrogens with zero attached hydrogens (tertiary/aromatic N) is 1. The van der Waals surface area contributed by atoms with Gasteiger partial charge >= 0.3 is 0 Å². The van der Waals surface area contributed by atoms with Crippen LogP contribution in [-0.4, -0.2) is 11.6 Å². The molecule has 0 bridgehead atoms. The first kappa shape index (κ1) is 8.24. The molecule has 0 aromatic carbocycles. The Morgan fingerprint density at radius 2 is 2.27 bits per heavy atom. The van der Waals surface area contributed by atoms with Gasteiger partial charge in [0.1, 0.15) is 0 Å². The normalized spacial score (nSPS) is 23.3. The van der Waals surface area contributed by atoms with Crippen molar-refractivity contribution in [3.8, 4) is 0 Å². The van der Waals surface area contributed by atoms with Crippen LogP contribution in [-0.2, 0) is 4.79 Å². The highest BCUT2D eigenvalue weighted by atomic mass is 16.2. The summed E-state index contributed by atoms with van der Waals surface area (Å²) in [6, 6.07) is 0. The van der Waals surface area contributed by atoms with Crippen molar-refractivity contribution in [2.24, 2.45) is 11.0 Å². The second kappa shape index (κ2) is 3.51. The van der Waals surface area contributed by atoms with Crippen molar-refractivity contribution < 1.29 is 4.79 Å². The molecule has 1 aliphatic rings. The topological polar surface area (TPSA) is 41.5 Å². The average Bonchev–Trinajstić information content (AvgIpc) is 2.34. The van der Waals surface area contributed by atoms with Crippen molar-refractivity contribution in [1.29, 1.82) is 0 Å². The lowest BCUT2D eigenvalue weighted by Gasteiger charge is -2.05. The zero-order valence-corrected chi connectivity index (χ0v) is 7.05. The van der Waals surface area contributed by atoms with E-state index in [-0.39, 0.29) is 11.8 Å². The third kappa shape index (κ3) is 1.59. The van der Waals surface area contributed by atoms with Gasteiger partial charge in [-0.25, -0.2) is 5.43 Å². The van der Waals surface area contributed by atoms with Gasteiger partial charge in [-0.1, -0.05) is 20.3 Å². The Morgan fingerprint density at radius 3 is 2.82 bits per heavy atom. The number of carbonyl (C=O) groups excluding carboxylic acids is 1. The molecule has 1 unspecified atom stereocenters. The summed E-state index contributed by atoms with van der Waals surface area (Å²) in [6.07, 6.45) is 2.85. The first-order valence-corrected chi connectivity index (χ1v) is 4.15. The minimum atomic E-state index is 0.0602. The molecule has 11 heavy (non-hydrogen) atoms. The molecule has 1 heterocycles. The molecule has 0 saturated carbocycles. The van der Waals surface area contributed by atoms with Crippen LogP contribution < -0.4 is 5.43 Å². The van der Waals surface area contributed by atoms with Gasteiger partial charge < -0.3 is 0 Å². The summed E-state index contributed by atoms with van der Waals surface area (Å²) in [4.78, 5) is 11.1. The Morgan fingerprint density at radius 1 is 1.55 bits per heavy atom. The van der Waals surface area contributed by atoms with Crippen molar-refractivity contribution in [1.82, 2.24) is 5.43 Å². The minimum absolute atomic E-state index is 0.0602. The van der Waals surface area contributed by atoms with E-state index in [1.165, 1.54) is 0 Å². The number of hydrogen-bond acceptors (Lipinski definition) is 2. The fraction of sp³-hybridized carbons (Fsp3) is 0.750. The molecule has 3 heteroatoms. The van der Waals surface area contributed by atoms with E-state index in [0.717, 1.165) is 25.0 Å². The summed E-state index contributed by atoms with van der Waals surface area (Å²) in [5, 5.41) is 3.95. The van der Waals surface area contributed by atoms with Crippen LogP contribution >= 0.6 is 0 Å². The minimum Gasteiger partial charge on any atom is -0.272 e. The molecular weight excluding hydrogens is 140 g/mol. The largest absolute Gasteiger partial charge is 0.272 e. The summed E-state index contributed by atoms with van der Waals surface area (Å²) in [5.74, 6) is 0.133. The molecule has 1 aliphatic heterocycles. The summed E-state index contributed by atoms with van der Waals surface area (Å²) in [7, 11) is 0. The molecule has 3 nitrogen and oxygen atoms in total. The highest BCUT2D eigenvalue weighted by Gasteiger charge is 2.26. The van der Waals surface area contributed by atoms with Crippen LogP contribution in [0.4, 0.5) is 0 Å². The number of amides is 1. The Bertz CT molecular complexity index is 187. The summed E-state index contributed by atoms with van der Waals surface area (Å²) in [6.45, 7) is 4.11. The molecule has 0 aromatic rings. The Hall–Kier alpha value is -0.860. The standard InChI is InChI=1S/C8H14N2O/c1-3-5-6-7(4-2)9-10-8(6)11/h6H,3-5H2,1-2H3,(H,10,11). The lowest BCUT2D eigenvalue weighted by molar-refractivity contribution is -0.122. The van der Waals surface area contributed by atoms with Crippen LogP contribution in [0.5, 0.6) is 0 Å². The molecule has 0 fully saturated rings. The highest BCUT2D eigenvalue weighted by molar-refractivity contribution is 6.07. The fourth-order valence-corrected chi connectivity index (χ4v) is 1.35. The molecule has 0 aliphatic carbocycles. The van der Waals surface area contributed by atoms with E-state index in [2.05, 4.69) is 17.5 Å². The van der Waals surface area contributed by atoms with Gasteiger partial charge in [0.25, 0.3) is 0 Å².